The zero-order chi connectivity index (χ0) is 19.8. The number of likely N-dealkylation sites (tertiary alicyclic amines) is 1. The SMILES string of the molecule is CN1CC(CCN2CCCCC2)Cc2ncccc2C1=O.O=C(O)C(=O)O. The maximum Gasteiger partial charge on any atom is 0.414 e. The number of carbonyl (C=O) groups excluding carboxylic acids is 1. The third-order valence-corrected chi connectivity index (χ3v) is 4.97. The van der Waals surface area contributed by atoms with Gasteiger partial charge in [-0.1, -0.05) is 6.42 Å². The molecule has 3 rings (SSSR count). The Morgan fingerprint density at radius 3 is 2.48 bits per heavy atom. The van der Waals surface area contributed by atoms with Crippen LogP contribution in [0, 0.1) is 5.92 Å². The first-order chi connectivity index (χ1) is 12.9. The van der Waals surface area contributed by atoms with E-state index < -0.39 is 11.9 Å². The number of carboxylic acid groups (broad SMARTS) is 2. The number of rotatable bonds is 3. The Balaban J connectivity index is 0.000000380. The van der Waals surface area contributed by atoms with Crippen LogP contribution in [0.4, 0.5) is 0 Å². The molecule has 27 heavy (non-hydrogen) atoms. The number of pyridine rings is 1. The van der Waals surface area contributed by atoms with Gasteiger partial charge in [-0.15, -0.1) is 0 Å². The second kappa shape index (κ2) is 10.0. The highest BCUT2D eigenvalue weighted by molar-refractivity contribution is 6.27. The highest BCUT2D eigenvalue weighted by Crippen LogP contribution is 2.22. The lowest BCUT2D eigenvalue weighted by Crippen LogP contribution is -2.34. The molecule has 1 unspecified atom stereocenters. The molecule has 148 valence electrons. The van der Waals surface area contributed by atoms with Gasteiger partial charge in [0.2, 0.25) is 0 Å². The number of carbonyl (C=O) groups is 3. The molecular weight excluding hydrogens is 350 g/mol. The van der Waals surface area contributed by atoms with Gasteiger partial charge < -0.3 is 20.0 Å². The van der Waals surface area contributed by atoms with E-state index in [0.717, 1.165) is 37.2 Å². The monoisotopic (exact) mass is 377 g/mol. The van der Waals surface area contributed by atoms with Crippen LogP contribution in [0.25, 0.3) is 0 Å². The van der Waals surface area contributed by atoms with Gasteiger partial charge in [0.15, 0.2) is 0 Å². The molecule has 0 saturated carbocycles. The quantitative estimate of drug-likeness (QED) is 0.765. The predicted octanol–water partition coefficient (Wildman–Crippen LogP) is 1.36. The van der Waals surface area contributed by atoms with Crippen LogP contribution in [0.5, 0.6) is 0 Å². The molecule has 1 saturated heterocycles. The van der Waals surface area contributed by atoms with Gasteiger partial charge in [0, 0.05) is 19.8 Å². The van der Waals surface area contributed by atoms with Crippen molar-refractivity contribution in [1.82, 2.24) is 14.8 Å². The minimum Gasteiger partial charge on any atom is -0.473 e. The molecule has 8 heteroatoms. The van der Waals surface area contributed by atoms with Crippen molar-refractivity contribution in [1.29, 1.82) is 0 Å². The number of fused-ring (bicyclic) bond motifs is 1. The van der Waals surface area contributed by atoms with E-state index in [2.05, 4.69) is 9.88 Å². The fourth-order valence-corrected chi connectivity index (χ4v) is 3.55. The number of piperidine rings is 1. The molecule has 0 bridgehead atoms. The van der Waals surface area contributed by atoms with E-state index in [0.29, 0.717) is 5.92 Å². The molecule has 0 aromatic carbocycles. The van der Waals surface area contributed by atoms with Gasteiger partial charge in [0.1, 0.15) is 0 Å². The van der Waals surface area contributed by atoms with E-state index in [-0.39, 0.29) is 5.91 Å². The van der Waals surface area contributed by atoms with Gasteiger partial charge >= 0.3 is 11.9 Å². The van der Waals surface area contributed by atoms with Crippen molar-refractivity contribution in [2.75, 3.05) is 33.2 Å². The second-order valence-corrected chi connectivity index (χ2v) is 7.05. The number of aliphatic carboxylic acids is 2. The van der Waals surface area contributed by atoms with Crippen molar-refractivity contribution in [3.8, 4) is 0 Å². The topological polar surface area (TPSA) is 111 Å². The summed E-state index contributed by atoms with van der Waals surface area (Å²) in [4.78, 5) is 39.5. The van der Waals surface area contributed by atoms with Gasteiger partial charge in [0.25, 0.3) is 5.91 Å². The first-order valence-electron chi connectivity index (χ1n) is 9.26. The van der Waals surface area contributed by atoms with Gasteiger partial charge in [-0.25, -0.2) is 9.59 Å². The molecule has 0 aliphatic carbocycles. The van der Waals surface area contributed by atoms with Crippen LogP contribution in [0.2, 0.25) is 0 Å². The standard InChI is InChI=1S/C17H25N3O.C2H2O4/c1-19-13-14(7-11-20-9-3-2-4-10-20)12-16-15(17(19)21)6-5-8-18-16;3-1(4)2(5)6/h5-6,8,14H,2-4,7,9-13H2,1H3;(H,3,4)(H,5,6). The summed E-state index contributed by atoms with van der Waals surface area (Å²) < 4.78 is 0. The summed E-state index contributed by atoms with van der Waals surface area (Å²) in [5, 5.41) is 14.8. The molecule has 2 aliphatic heterocycles. The summed E-state index contributed by atoms with van der Waals surface area (Å²) in [5.74, 6) is -3.00. The normalized spacial score (nSPS) is 20.1. The van der Waals surface area contributed by atoms with Crippen molar-refractivity contribution in [2.45, 2.75) is 32.1 Å². The summed E-state index contributed by atoms with van der Waals surface area (Å²) in [6, 6.07) is 3.77. The first kappa shape index (κ1) is 20.8. The summed E-state index contributed by atoms with van der Waals surface area (Å²) in [6.45, 7) is 4.50. The average molecular weight is 377 g/mol. The van der Waals surface area contributed by atoms with Gasteiger partial charge in [-0.2, -0.15) is 0 Å². The van der Waals surface area contributed by atoms with Crippen molar-refractivity contribution >= 4 is 17.8 Å². The molecule has 1 atom stereocenters. The number of hydrogen-bond acceptors (Lipinski definition) is 5. The summed E-state index contributed by atoms with van der Waals surface area (Å²) in [7, 11) is 1.92. The molecule has 8 nitrogen and oxygen atoms in total. The van der Waals surface area contributed by atoms with Crippen LogP contribution in [0.1, 0.15) is 41.7 Å². The van der Waals surface area contributed by atoms with Gasteiger partial charge in [0.05, 0.1) is 11.3 Å². The molecule has 1 amide bonds. The Kier molecular flexibility index (Phi) is 7.72. The van der Waals surface area contributed by atoms with Crippen LogP contribution in [0.3, 0.4) is 0 Å². The molecule has 2 N–H and O–H groups in total. The van der Waals surface area contributed by atoms with E-state index in [9.17, 15) is 4.79 Å². The molecule has 0 spiro atoms. The molecule has 2 aliphatic rings. The molecule has 1 aromatic heterocycles. The lowest BCUT2D eigenvalue weighted by molar-refractivity contribution is -0.159. The van der Waals surface area contributed by atoms with E-state index in [1.807, 2.05) is 24.1 Å². The summed E-state index contributed by atoms with van der Waals surface area (Å²) in [6.07, 6.45) is 7.96. The summed E-state index contributed by atoms with van der Waals surface area (Å²) in [5.41, 5.74) is 1.77. The predicted molar refractivity (Wildman–Crippen MR) is 98.6 cm³/mol. The maximum absolute atomic E-state index is 12.4. The lowest BCUT2D eigenvalue weighted by Gasteiger charge is -2.28. The molecule has 1 fully saturated rings. The number of hydrogen-bond donors (Lipinski definition) is 2. The van der Waals surface area contributed by atoms with E-state index in [1.54, 1.807) is 6.20 Å². The highest BCUT2D eigenvalue weighted by Gasteiger charge is 2.26. The van der Waals surface area contributed by atoms with Crippen LogP contribution in [0.15, 0.2) is 18.3 Å². The van der Waals surface area contributed by atoms with Crippen molar-refractivity contribution in [3.05, 3.63) is 29.6 Å². The Morgan fingerprint density at radius 2 is 1.85 bits per heavy atom. The molecule has 0 radical (unpaired) electrons. The number of amides is 1. The fourth-order valence-electron chi connectivity index (χ4n) is 3.55. The maximum atomic E-state index is 12.4. The third kappa shape index (κ3) is 6.32. The largest absolute Gasteiger partial charge is 0.473 e. The zero-order valence-corrected chi connectivity index (χ0v) is 15.6. The average Bonchev–Trinajstić information content (AvgIpc) is 2.78. The van der Waals surface area contributed by atoms with Crippen LogP contribution < -0.4 is 0 Å². The molecular formula is C19H27N3O5. The number of nitrogens with zero attached hydrogens (tertiary/aromatic N) is 3. The molecule has 1 aromatic rings. The van der Waals surface area contributed by atoms with Crippen LogP contribution >= 0.6 is 0 Å². The van der Waals surface area contributed by atoms with Crippen LogP contribution in [-0.2, 0) is 16.0 Å². The third-order valence-electron chi connectivity index (χ3n) is 4.97. The van der Waals surface area contributed by atoms with E-state index in [1.165, 1.54) is 32.4 Å². The van der Waals surface area contributed by atoms with Crippen molar-refractivity contribution < 1.29 is 24.6 Å². The van der Waals surface area contributed by atoms with E-state index >= 15 is 0 Å². The molecule has 3 heterocycles. The minimum atomic E-state index is -1.82. The fraction of sp³-hybridized carbons (Fsp3) is 0.579. The smallest absolute Gasteiger partial charge is 0.414 e. The second-order valence-electron chi connectivity index (χ2n) is 7.05. The lowest BCUT2D eigenvalue weighted by atomic mass is 9.97. The Morgan fingerprint density at radius 1 is 1.19 bits per heavy atom. The van der Waals surface area contributed by atoms with Gasteiger partial charge in [-0.3, -0.25) is 9.78 Å². The summed E-state index contributed by atoms with van der Waals surface area (Å²) >= 11 is 0. The number of carboxylic acids is 2. The zero-order valence-electron chi connectivity index (χ0n) is 15.6. The van der Waals surface area contributed by atoms with Crippen LogP contribution in [-0.4, -0.2) is 76.1 Å². The Hall–Kier alpha value is -2.48. The Bertz CT molecular complexity index is 661. The first-order valence-corrected chi connectivity index (χ1v) is 9.26. The van der Waals surface area contributed by atoms with Gasteiger partial charge in [-0.05, 0) is 63.4 Å². The van der Waals surface area contributed by atoms with E-state index in [4.69, 9.17) is 19.8 Å². The minimum absolute atomic E-state index is 0.124. The highest BCUT2D eigenvalue weighted by atomic mass is 16.4. The number of aromatic nitrogens is 1. The van der Waals surface area contributed by atoms with Crippen molar-refractivity contribution in [3.63, 3.8) is 0 Å². The van der Waals surface area contributed by atoms with Crippen molar-refractivity contribution in [2.24, 2.45) is 5.92 Å². The Labute approximate surface area is 158 Å².